The van der Waals surface area contributed by atoms with E-state index in [0.29, 0.717) is 12.2 Å². The van der Waals surface area contributed by atoms with Gasteiger partial charge in [-0.1, -0.05) is 27.7 Å². The van der Waals surface area contributed by atoms with Gasteiger partial charge < -0.3 is 39.0 Å². The highest BCUT2D eigenvalue weighted by atomic mass is 16.7. The number of rotatable bonds is 10. The third kappa shape index (κ3) is 9.11. The van der Waals surface area contributed by atoms with Crippen molar-refractivity contribution in [1.29, 1.82) is 0 Å². The number of esters is 1. The fraction of sp³-hybridized carbons (Fsp3) is 0.763. The molecule has 1 aromatic heterocycles. The van der Waals surface area contributed by atoms with Crippen LogP contribution in [0.25, 0.3) is 0 Å². The number of hydrogen-bond acceptors (Lipinski definition) is 15. The maximum absolute atomic E-state index is 14.6. The van der Waals surface area contributed by atoms with Gasteiger partial charge in [0.2, 0.25) is 0 Å². The number of carbonyl (C=O) groups excluding carboxylic acids is 4. The Hall–Kier alpha value is -3.77. The average molecular weight is 778 g/mol. The van der Waals surface area contributed by atoms with Gasteiger partial charge in [-0.2, -0.15) is 0 Å². The van der Waals surface area contributed by atoms with Crippen LogP contribution < -0.4 is 5.32 Å². The summed E-state index contributed by atoms with van der Waals surface area (Å²) >= 11 is 0. The van der Waals surface area contributed by atoms with Crippen molar-refractivity contribution in [2.75, 3.05) is 39.6 Å². The molecule has 308 valence electrons. The smallest absolute Gasteiger partial charge is 0.410 e. The topological polar surface area (TPSA) is 209 Å². The van der Waals surface area contributed by atoms with Crippen LogP contribution in [0.3, 0.4) is 0 Å². The second-order valence-electron chi connectivity index (χ2n) is 16.0. The van der Waals surface area contributed by atoms with Crippen LogP contribution in [-0.4, -0.2) is 137 Å². The van der Waals surface area contributed by atoms with Gasteiger partial charge in [0, 0.05) is 50.1 Å². The highest BCUT2D eigenvalue weighted by Gasteiger charge is 2.60. The summed E-state index contributed by atoms with van der Waals surface area (Å²) in [6.45, 7) is 13.7. The van der Waals surface area contributed by atoms with Gasteiger partial charge in [-0.3, -0.25) is 29.4 Å². The number of nitro groups is 1. The summed E-state index contributed by atoms with van der Waals surface area (Å²) in [4.78, 5) is 74.3. The van der Waals surface area contributed by atoms with Gasteiger partial charge in [0.05, 0.1) is 28.8 Å². The fourth-order valence-electron chi connectivity index (χ4n) is 8.61. The van der Waals surface area contributed by atoms with E-state index in [2.05, 4.69) is 10.3 Å². The van der Waals surface area contributed by atoms with E-state index in [4.69, 9.17) is 23.7 Å². The first-order valence-electron chi connectivity index (χ1n) is 19.0. The van der Waals surface area contributed by atoms with E-state index in [1.807, 2.05) is 25.9 Å². The van der Waals surface area contributed by atoms with Crippen LogP contribution in [0.15, 0.2) is 18.3 Å². The molecule has 4 rings (SSSR count). The minimum Gasteiger partial charge on any atom is -0.458 e. The van der Waals surface area contributed by atoms with Crippen LogP contribution >= 0.6 is 0 Å². The number of carbonyl (C=O) groups is 4. The Morgan fingerprint density at radius 3 is 2.33 bits per heavy atom. The zero-order valence-corrected chi connectivity index (χ0v) is 33.8. The molecular weight excluding hydrogens is 718 g/mol. The molecule has 4 heterocycles. The number of ether oxygens (including phenoxy) is 5. The van der Waals surface area contributed by atoms with Gasteiger partial charge in [0.25, 0.3) is 5.69 Å². The van der Waals surface area contributed by atoms with Crippen LogP contribution in [-0.2, 0) is 38.1 Å². The Bertz CT molecular complexity index is 1560. The molecule has 1 aromatic rings. The van der Waals surface area contributed by atoms with Gasteiger partial charge >= 0.3 is 12.1 Å². The number of cyclic esters (lactones) is 1. The van der Waals surface area contributed by atoms with E-state index >= 15 is 0 Å². The average Bonchev–Trinajstić information content (AvgIpc) is 3.40. The number of amides is 1. The molecule has 3 aliphatic heterocycles. The molecule has 0 radical (unpaired) electrons. The van der Waals surface area contributed by atoms with E-state index in [9.17, 15) is 34.4 Å². The number of methoxy groups -OCH3 is 1. The lowest BCUT2D eigenvalue weighted by molar-refractivity contribution is -0.385. The van der Waals surface area contributed by atoms with E-state index in [1.54, 1.807) is 41.5 Å². The number of hydrogen-bond donors (Lipinski definition) is 2. The predicted octanol–water partition coefficient (Wildman–Crippen LogP) is 3.61. The third-order valence-corrected chi connectivity index (χ3v) is 11.8. The highest BCUT2D eigenvalue weighted by molar-refractivity contribution is 6.00. The van der Waals surface area contributed by atoms with Crippen molar-refractivity contribution in [3.8, 4) is 0 Å². The van der Waals surface area contributed by atoms with Crippen molar-refractivity contribution in [3.05, 3.63) is 28.4 Å². The molecule has 1 unspecified atom stereocenters. The van der Waals surface area contributed by atoms with E-state index in [1.165, 1.54) is 31.1 Å². The lowest BCUT2D eigenvalue weighted by Gasteiger charge is -2.47. The normalized spacial score (nSPS) is 37.9. The number of pyridine rings is 1. The van der Waals surface area contributed by atoms with Gasteiger partial charge in [-0.25, -0.2) is 9.78 Å². The predicted molar refractivity (Wildman–Crippen MR) is 199 cm³/mol. The van der Waals surface area contributed by atoms with E-state index in [-0.39, 0.29) is 49.5 Å². The van der Waals surface area contributed by atoms with Crippen LogP contribution in [0.1, 0.15) is 74.7 Å². The lowest BCUT2D eigenvalue weighted by atomic mass is 9.73. The first-order chi connectivity index (χ1) is 25.7. The Balaban J connectivity index is 1.72. The van der Waals surface area contributed by atoms with Gasteiger partial charge in [-0.15, -0.1) is 0 Å². The van der Waals surface area contributed by atoms with Crippen LogP contribution in [0.2, 0.25) is 0 Å². The number of aliphatic hydroxyl groups is 1. The number of anilines is 1. The van der Waals surface area contributed by atoms with E-state index in [0.717, 1.165) is 6.20 Å². The monoisotopic (exact) mass is 777 g/mol. The van der Waals surface area contributed by atoms with Crippen molar-refractivity contribution in [2.24, 2.45) is 23.7 Å². The summed E-state index contributed by atoms with van der Waals surface area (Å²) in [7, 11) is 5.16. The molecule has 1 amide bonds. The molecule has 17 heteroatoms. The first kappa shape index (κ1) is 44.0. The molecule has 0 bridgehead atoms. The van der Waals surface area contributed by atoms with Crippen molar-refractivity contribution >= 4 is 35.1 Å². The van der Waals surface area contributed by atoms with Crippen LogP contribution in [0.4, 0.5) is 16.3 Å². The molecule has 17 nitrogen and oxygen atoms in total. The van der Waals surface area contributed by atoms with Crippen molar-refractivity contribution in [3.63, 3.8) is 0 Å². The molecule has 13 atom stereocenters. The number of nitrogens with one attached hydrogen (secondary N) is 1. The standard InChI is InChI=1S/C38H59N5O12/c1-12-27-38(8)32(42(36(48)55-38)16-15-39-28-14-13-25(19-40-28)43(49)50)22(4)29(44)20(2)18-37(7,51-11)33(23(5)30(45)24(6)34(47)53-27)54-35-31(46)26(41(9)10)17-21(3)52-35/h13-14,19-24,26-27,31-33,35,46H,12,15-18H2,1-11H3,(H,39,40)/t20-,21-,22+,23-,24-,26+,27-,31-,32+,33-,35?,37-,38-/m1/s1. The van der Waals surface area contributed by atoms with Crippen molar-refractivity contribution in [2.45, 2.75) is 129 Å². The SMILES string of the molecule is CC[C@H]1OC(=O)[C@H](C)C(=O)[C@@H](C)[C@@H](OC2O[C@H](C)C[C@H](N(C)C)[C@H]2O)[C@](C)(OC)C[C@@H](C)C(=O)[C@H](C)[C@@H]2N(CCNc3ccc([N+](=O)[O-])cn3)C(=O)O[C@@]21C. The zero-order chi connectivity index (χ0) is 41.2. The van der Waals surface area contributed by atoms with Gasteiger partial charge in [0.1, 0.15) is 35.9 Å². The molecule has 3 fully saturated rings. The number of nitrogens with zero attached hydrogens (tertiary/aromatic N) is 4. The lowest BCUT2D eigenvalue weighted by Crippen LogP contribution is -2.60. The Morgan fingerprint density at radius 1 is 1.09 bits per heavy atom. The van der Waals surface area contributed by atoms with Gasteiger partial charge in [-0.05, 0) is 67.1 Å². The maximum Gasteiger partial charge on any atom is 0.410 e. The van der Waals surface area contributed by atoms with Crippen molar-refractivity contribution < 1.29 is 52.9 Å². The summed E-state index contributed by atoms with van der Waals surface area (Å²) in [6.07, 6.45) is -3.40. The molecule has 55 heavy (non-hydrogen) atoms. The quantitative estimate of drug-likeness (QED) is 0.151. The minimum atomic E-state index is -1.50. The summed E-state index contributed by atoms with van der Waals surface area (Å²) in [5.74, 6) is -5.02. The fourth-order valence-corrected chi connectivity index (χ4v) is 8.61. The summed E-state index contributed by atoms with van der Waals surface area (Å²) in [5.41, 5.74) is -2.98. The highest BCUT2D eigenvalue weighted by Crippen LogP contribution is 2.43. The van der Waals surface area contributed by atoms with E-state index < -0.39 is 88.3 Å². The van der Waals surface area contributed by atoms with Gasteiger partial charge in [0.15, 0.2) is 17.7 Å². The molecule has 0 spiro atoms. The number of aliphatic hydroxyl groups excluding tert-OH is 1. The second kappa shape index (κ2) is 17.6. The Labute approximate surface area is 322 Å². The summed E-state index contributed by atoms with van der Waals surface area (Å²) in [5, 5.41) is 25.5. The van der Waals surface area contributed by atoms with Crippen LogP contribution in [0.5, 0.6) is 0 Å². The number of likely N-dealkylation sites (N-methyl/N-ethyl adjacent to an activating group) is 1. The molecule has 3 aliphatic rings. The molecule has 0 aromatic carbocycles. The summed E-state index contributed by atoms with van der Waals surface area (Å²) < 4.78 is 30.9. The Kier molecular flexibility index (Phi) is 14.0. The summed E-state index contributed by atoms with van der Waals surface area (Å²) in [6, 6.07) is 1.53. The maximum atomic E-state index is 14.6. The molecular formula is C38H59N5O12. The number of aromatic nitrogens is 1. The Morgan fingerprint density at radius 2 is 1.76 bits per heavy atom. The van der Waals surface area contributed by atoms with Crippen molar-refractivity contribution in [1.82, 2.24) is 14.8 Å². The number of Topliss-reactive ketones (excluding diaryl/α,β-unsaturated/α-hetero) is 2. The largest absolute Gasteiger partial charge is 0.458 e. The molecule has 3 saturated heterocycles. The van der Waals surface area contributed by atoms with Crippen LogP contribution in [0, 0.1) is 33.8 Å². The zero-order valence-electron chi connectivity index (χ0n) is 33.8. The molecule has 0 aliphatic carbocycles. The second-order valence-corrected chi connectivity index (χ2v) is 16.0. The molecule has 0 saturated carbocycles. The minimum absolute atomic E-state index is 0.0440. The molecule has 2 N–H and O–H groups in total. The number of ketones is 2. The first-order valence-corrected chi connectivity index (χ1v) is 19.0. The third-order valence-electron chi connectivity index (χ3n) is 11.8. The number of fused-ring (bicyclic) bond motifs is 1.